The first-order valence-electron chi connectivity index (χ1n) is 4.14. The molecule has 10 heteroatoms. The van der Waals surface area contributed by atoms with E-state index in [4.69, 9.17) is 5.73 Å². The molecule has 0 fully saturated rings. The molecule has 0 atom stereocenters. The summed E-state index contributed by atoms with van der Waals surface area (Å²) < 4.78 is 29.6. The molecule has 0 saturated heterocycles. The first kappa shape index (κ1) is 12.3. The molecule has 0 aromatic carbocycles. The van der Waals surface area contributed by atoms with Crippen LogP contribution in [0.1, 0.15) is 0 Å². The van der Waals surface area contributed by atoms with Gasteiger partial charge in [0.25, 0.3) is 0 Å². The largest absolute Gasteiger partial charge is 0.448 e. The summed E-state index contributed by atoms with van der Waals surface area (Å²) in [7, 11) is -3.75. The molecule has 1 aromatic heterocycles. The lowest BCUT2D eigenvalue weighted by Gasteiger charge is -2.05. The van der Waals surface area contributed by atoms with E-state index in [0.717, 1.165) is 6.20 Å². The Morgan fingerprint density at radius 2 is 2.31 bits per heavy atom. The van der Waals surface area contributed by atoms with Gasteiger partial charge in [0, 0.05) is 6.54 Å². The summed E-state index contributed by atoms with van der Waals surface area (Å²) in [6.07, 6.45) is 0.106. The van der Waals surface area contributed by atoms with Crippen LogP contribution in [0.5, 0.6) is 0 Å². The number of nitrogens with one attached hydrogen (secondary N) is 2. The van der Waals surface area contributed by atoms with Crippen LogP contribution in [0, 0.1) is 0 Å². The number of carbonyl (C=O) groups is 1. The van der Waals surface area contributed by atoms with Gasteiger partial charge in [0.15, 0.2) is 0 Å². The lowest BCUT2D eigenvalue weighted by molar-refractivity contribution is 0.159. The minimum Gasteiger partial charge on any atom is -0.448 e. The lowest BCUT2D eigenvalue weighted by Crippen LogP contribution is -2.29. The molecule has 6 N–H and O–H groups in total. The van der Waals surface area contributed by atoms with Crippen LogP contribution in [0.15, 0.2) is 11.1 Å². The minimum atomic E-state index is -3.75. The van der Waals surface area contributed by atoms with Crippen molar-refractivity contribution in [3.05, 3.63) is 6.20 Å². The van der Waals surface area contributed by atoms with E-state index in [1.165, 1.54) is 0 Å². The number of primary amides is 1. The zero-order valence-electron chi connectivity index (χ0n) is 8.13. The molecule has 0 aliphatic carbocycles. The summed E-state index contributed by atoms with van der Waals surface area (Å²) in [6.45, 7) is -0.262. The molecule has 0 bridgehead atoms. The van der Waals surface area contributed by atoms with Gasteiger partial charge in [-0.05, 0) is 0 Å². The van der Waals surface area contributed by atoms with Gasteiger partial charge in [0.2, 0.25) is 10.0 Å². The smallest absolute Gasteiger partial charge is 0.404 e. The average molecular weight is 249 g/mol. The lowest BCUT2D eigenvalue weighted by atomic mass is 10.7. The number of H-pyrrole nitrogens is 1. The number of carbonyl (C=O) groups excluding carboxylic acids is 1. The molecule has 0 saturated carbocycles. The number of nitrogen functional groups attached to an aromatic ring is 1. The van der Waals surface area contributed by atoms with E-state index in [2.05, 4.69) is 25.4 Å². The number of aromatic amines is 1. The van der Waals surface area contributed by atoms with Gasteiger partial charge in [-0.15, -0.1) is 0 Å². The maximum atomic E-state index is 11.5. The molecular weight excluding hydrogens is 238 g/mol. The first-order valence-corrected chi connectivity index (χ1v) is 5.62. The van der Waals surface area contributed by atoms with E-state index in [1.54, 1.807) is 0 Å². The van der Waals surface area contributed by atoms with E-state index in [-0.39, 0.29) is 23.9 Å². The molecule has 0 aliphatic rings. The van der Waals surface area contributed by atoms with Gasteiger partial charge >= 0.3 is 6.09 Å². The Labute approximate surface area is 91.2 Å². The number of nitrogens with two attached hydrogens (primary N) is 2. The molecule has 0 aliphatic heterocycles. The second kappa shape index (κ2) is 4.81. The zero-order valence-corrected chi connectivity index (χ0v) is 8.95. The number of nitrogens with zero attached hydrogens (tertiary/aromatic N) is 1. The molecule has 1 heterocycles. The highest BCUT2D eigenvalue weighted by atomic mass is 32.2. The Bertz CT molecular complexity index is 467. The number of hydrogen-bond acceptors (Lipinski definition) is 6. The number of sulfonamides is 1. The van der Waals surface area contributed by atoms with Crippen molar-refractivity contribution in [2.45, 2.75) is 4.90 Å². The van der Waals surface area contributed by atoms with Crippen LogP contribution in [0.4, 0.5) is 10.6 Å². The van der Waals surface area contributed by atoms with Crippen molar-refractivity contribution in [3.8, 4) is 0 Å². The second-order valence-corrected chi connectivity index (χ2v) is 4.45. The van der Waals surface area contributed by atoms with Crippen molar-refractivity contribution in [3.63, 3.8) is 0 Å². The number of ether oxygens (including phenoxy) is 1. The molecule has 0 radical (unpaired) electrons. The van der Waals surface area contributed by atoms with Crippen LogP contribution in [-0.4, -0.2) is 37.9 Å². The fourth-order valence-corrected chi connectivity index (χ4v) is 1.94. The molecular formula is C6H11N5O4S. The minimum absolute atomic E-state index is 0.0664. The third kappa shape index (κ3) is 3.10. The molecule has 9 nitrogen and oxygen atoms in total. The molecule has 90 valence electrons. The monoisotopic (exact) mass is 249 g/mol. The Morgan fingerprint density at radius 1 is 1.62 bits per heavy atom. The van der Waals surface area contributed by atoms with Gasteiger partial charge in [-0.1, -0.05) is 0 Å². The van der Waals surface area contributed by atoms with Crippen molar-refractivity contribution in [2.24, 2.45) is 5.73 Å². The van der Waals surface area contributed by atoms with E-state index in [0.29, 0.717) is 0 Å². The molecule has 0 spiro atoms. The number of anilines is 1. The highest BCUT2D eigenvalue weighted by Crippen LogP contribution is 2.12. The van der Waals surface area contributed by atoms with Crippen LogP contribution in [0.3, 0.4) is 0 Å². The van der Waals surface area contributed by atoms with Crippen LogP contribution >= 0.6 is 0 Å². The number of hydrogen-bond donors (Lipinski definition) is 4. The summed E-state index contributed by atoms with van der Waals surface area (Å²) in [5.41, 5.74) is 10.0. The summed E-state index contributed by atoms with van der Waals surface area (Å²) in [6, 6.07) is 0. The molecule has 16 heavy (non-hydrogen) atoms. The van der Waals surface area contributed by atoms with Crippen LogP contribution in [0.2, 0.25) is 0 Å². The number of aromatic nitrogens is 2. The van der Waals surface area contributed by atoms with E-state index >= 15 is 0 Å². The van der Waals surface area contributed by atoms with Crippen LogP contribution in [0.25, 0.3) is 0 Å². The number of amides is 1. The van der Waals surface area contributed by atoms with E-state index in [9.17, 15) is 13.2 Å². The van der Waals surface area contributed by atoms with Gasteiger partial charge in [0.1, 0.15) is 17.3 Å². The Morgan fingerprint density at radius 3 is 2.81 bits per heavy atom. The van der Waals surface area contributed by atoms with Crippen molar-refractivity contribution >= 4 is 21.9 Å². The van der Waals surface area contributed by atoms with Gasteiger partial charge in [-0.3, -0.25) is 5.10 Å². The predicted molar refractivity (Wildman–Crippen MR) is 53.7 cm³/mol. The second-order valence-electron chi connectivity index (χ2n) is 2.71. The Balaban J connectivity index is 2.54. The Kier molecular flexibility index (Phi) is 3.68. The maximum absolute atomic E-state index is 11.5. The summed E-state index contributed by atoms with van der Waals surface area (Å²) >= 11 is 0. The fourth-order valence-electron chi connectivity index (χ4n) is 0.905. The Hall–Kier alpha value is -1.81. The van der Waals surface area contributed by atoms with Gasteiger partial charge in [-0.25, -0.2) is 17.9 Å². The van der Waals surface area contributed by atoms with Crippen LogP contribution < -0.4 is 16.2 Å². The summed E-state index contributed by atoms with van der Waals surface area (Å²) in [5.74, 6) is -0.0664. The third-order valence-electron chi connectivity index (χ3n) is 1.56. The normalized spacial score (nSPS) is 11.2. The van der Waals surface area contributed by atoms with Crippen molar-refractivity contribution in [2.75, 3.05) is 18.9 Å². The molecule has 0 unspecified atom stereocenters. The average Bonchev–Trinajstić information content (AvgIpc) is 2.59. The standard InChI is InChI=1S/C6H11N5O4S/c7-5-4(3-9-11-5)16(13,14)10-1-2-15-6(8)12/h3,10H,1-2H2,(H2,8,12)(H3,7,9,11). The van der Waals surface area contributed by atoms with E-state index < -0.39 is 16.1 Å². The van der Waals surface area contributed by atoms with Gasteiger partial charge in [0.05, 0.1) is 6.20 Å². The van der Waals surface area contributed by atoms with Crippen LogP contribution in [-0.2, 0) is 14.8 Å². The quantitative estimate of drug-likeness (QED) is 0.459. The fraction of sp³-hybridized carbons (Fsp3) is 0.333. The first-order chi connectivity index (χ1) is 7.43. The molecule has 1 rings (SSSR count). The predicted octanol–water partition coefficient (Wildman–Crippen LogP) is -1.63. The van der Waals surface area contributed by atoms with Crippen molar-refractivity contribution in [1.82, 2.24) is 14.9 Å². The van der Waals surface area contributed by atoms with Gasteiger partial charge < -0.3 is 16.2 Å². The van der Waals surface area contributed by atoms with Gasteiger partial charge in [-0.2, -0.15) is 5.10 Å². The maximum Gasteiger partial charge on any atom is 0.404 e. The summed E-state index contributed by atoms with van der Waals surface area (Å²) in [4.78, 5) is 10.0. The molecule has 1 amide bonds. The number of rotatable bonds is 5. The third-order valence-corrected chi connectivity index (χ3v) is 3.05. The van der Waals surface area contributed by atoms with Crippen molar-refractivity contribution < 1.29 is 17.9 Å². The topological polar surface area (TPSA) is 153 Å². The summed E-state index contributed by atoms with van der Waals surface area (Å²) in [5, 5.41) is 5.76. The van der Waals surface area contributed by atoms with E-state index in [1.807, 2.05) is 0 Å². The SMILES string of the molecule is NC(=O)OCCNS(=O)(=O)c1cn[nH]c1N. The molecule has 1 aromatic rings. The highest BCUT2D eigenvalue weighted by Gasteiger charge is 2.18. The van der Waals surface area contributed by atoms with Crippen molar-refractivity contribution in [1.29, 1.82) is 0 Å². The zero-order chi connectivity index (χ0) is 12.2. The highest BCUT2D eigenvalue weighted by molar-refractivity contribution is 7.89.